The summed E-state index contributed by atoms with van der Waals surface area (Å²) in [5.74, 6) is 0.340. The van der Waals surface area contributed by atoms with Crippen LogP contribution in [-0.2, 0) is 9.53 Å². The Labute approximate surface area is 172 Å². The molecule has 1 heterocycles. The van der Waals surface area contributed by atoms with Crippen LogP contribution in [0.2, 0.25) is 0 Å². The largest absolute Gasteiger partial charge is 0.351 e. The Morgan fingerprint density at radius 1 is 1.03 bits per heavy atom. The Hall–Kier alpha value is -2.17. The number of hydrogen-bond donors (Lipinski definition) is 1. The van der Waals surface area contributed by atoms with Crippen molar-refractivity contribution >= 4 is 5.91 Å². The van der Waals surface area contributed by atoms with Crippen molar-refractivity contribution < 1.29 is 14.6 Å². The molecule has 1 N–H and O–H groups in total. The molecule has 2 unspecified atom stereocenters. The molecule has 2 spiro atoms. The number of aliphatic hydroxyl groups is 1. The number of rotatable bonds is 4. The minimum absolute atomic E-state index is 0.0812. The average molecular weight is 392 g/mol. The summed E-state index contributed by atoms with van der Waals surface area (Å²) >= 11 is 0. The zero-order valence-electron chi connectivity index (χ0n) is 17.4. The van der Waals surface area contributed by atoms with E-state index in [4.69, 9.17) is 4.74 Å². The normalized spacial score (nSPS) is 28.2. The van der Waals surface area contributed by atoms with E-state index in [0.717, 1.165) is 25.7 Å². The van der Waals surface area contributed by atoms with Crippen molar-refractivity contribution in [3.8, 4) is 11.1 Å². The lowest BCUT2D eigenvalue weighted by atomic mass is 9.96. The molecule has 0 radical (unpaired) electrons. The maximum Gasteiger partial charge on any atom is 0.241 e. The molecule has 3 fully saturated rings. The van der Waals surface area contributed by atoms with Crippen LogP contribution in [0.3, 0.4) is 0 Å². The minimum Gasteiger partial charge on any atom is -0.351 e. The molecule has 3 aliphatic rings. The fourth-order valence-electron chi connectivity index (χ4n) is 5.16. The highest BCUT2D eigenvalue weighted by Gasteiger charge is 2.74. The van der Waals surface area contributed by atoms with Gasteiger partial charge in [0.25, 0.3) is 0 Å². The highest BCUT2D eigenvalue weighted by molar-refractivity contribution is 5.90. The van der Waals surface area contributed by atoms with Gasteiger partial charge in [-0.1, -0.05) is 54.6 Å². The smallest absolute Gasteiger partial charge is 0.241 e. The van der Waals surface area contributed by atoms with Gasteiger partial charge in [-0.15, -0.1) is 0 Å². The first kappa shape index (κ1) is 18.8. The molecule has 5 rings (SSSR count). The zero-order valence-corrected chi connectivity index (χ0v) is 17.4. The molecule has 29 heavy (non-hydrogen) atoms. The first-order chi connectivity index (χ1) is 13.7. The average Bonchev–Trinajstić information content (AvgIpc) is 3.57. The molecule has 4 nitrogen and oxygen atoms in total. The van der Waals surface area contributed by atoms with E-state index < -0.39 is 12.0 Å². The van der Waals surface area contributed by atoms with Gasteiger partial charge in [0.2, 0.25) is 12.3 Å². The number of nitrogens with zero attached hydrogens (tertiary/aromatic N) is 1. The van der Waals surface area contributed by atoms with Gasteiger partial charge in [0, 0.05) is 5.92 Å². The molecule has 0 bridgehead atoms. The summed E-state index contributed by atoms with van der Waals surface area (Å²) in [5, 5.41) is 10.8. The highest BCUT2D eigenvalue weighted by Crippen LogP contribution is 2.71. The number of carbonyl (C=O) groups is 1. The number of ether oxygens (including phenoxy) is 1. The molecule has 1 amide bonds. The molecule has 3 atom stereocenters. The van der Waals surface area contributed by atoms with Crippen LogP contribution in [0.4, 0.5) is 0 Å². The van der Waals surface area contributed by atoms with Crippen molar-refractivity contribution in [3.63, 3.8) is 0 Å². The van der Waals surface area contributed by atoms with E-state index in [0.29, 0.717) is 0 Å². The van der Waals surface area contributed by atoms with Crippen LogP contribution in [0.5, 0.6) is 0 Å². The molecule has 0 aromatic heterocycles. The van der Waals surface area contributed by atoms with E-state index in [2.05, 4.69) is 36.4 Å². The van der Waals surface area contributed by atoms with Crippen molar-refractivity contribution in [2.45, 2.75) is 69.9 Å². The second-order valence-corrected chi connectivity index (χ2v) is 10.0. The SMILES string of the molecule is CC(C)(C)OC(O)N1C(=O)C2(CC2)CC12C[C@@H]2c1ccc(-c2ccccc2)cc1. The second-order valence-electron chi connectivity index (χ2n) is 10.0. The van der Waals surface area contributed by atoms with Crippen LogP contribution in [0, 0.1) is 5.41 Å². The number of aliphatic hydroxyl groups excluding tert-OH is 1. The number of carbonyl (C=O) groups excluding carboxylic acids is 1. The monoisotopic (exact) mass is 391 g/mol. The van der Waals surface area contributed by atoms with Crippen LogP contribution in [0.25, 0.3) is 11.1 Å². The lowest BCUT2D eigenvalue weighted by Gasteiger charge is -2.34. The molecule has 152 valence electrons. The first-order valence-electron chi connectivity index (χ1n) is 10.6. The third-order valence-corrected chi connectivity index (χ3v) is 6.80. The Bertz CT molecular complexity index is 927. The van der Waals surface area contributed by atoms with Crippen LogP contribution in [0.1, 0.15) is 57.9 Å². The van der Waals surface area contributed by atoms with Gasteiger partial charge in [-0.3, -0.25) is 9.69 Å². The van der Waals surface area contributed by atoms with E-state index in [1.807, 2.05) is 39.0 Å². The highest BCUT2D eigenvalue weighted by atomic mass is 16.6. The van der Waals surface area contributed by atoms with Gasteiger partial charge >= 0.3 is 0 Å². The molecule has 1 aliphatic heterocycles. The Morgan fingerprint density at radius 3 is 2.24 bits per heavy atom. The van der Waals surface area contributed by atoms with Gasteiger partial charge < -0.3 is 9.84 Å². The van der Waals surface area contributed by atoms with Gasteiger partial charge in [0.15, 0.2) is 0 Å². The molecular weight excluding hydrogens is 362 g/mol. The van der Waals surface area contributed by atoms with Crippen molar-refractivity contribution in [2.24, 2.45) is 5.41 Å². The second kappa shape index (κ2) is 6.16. The molecule has 2 aromatic carbocycles. The van der Waals surface area contributed by atoms with Crippen LogP contribution < -0.4 is 0 Å². The van der Waals surface area contributed by atoms with Crippen molar-refractivity contribution in [1.82, 2.24) is 4.90 Å². The maximum absolute atomic E-state index is 13.2. The van der Waals surface area contributed by atoms with Gasteiger partial charge in [0.05, 0.1) is 16.6 Å². The fraction of sp³-hybridized carbons (Fsp3) is 0.480. The lowest BCUT2D eigenvalue weighted by molar-refractivity contribution is -0.242. The van der Waals surface area contributed by atoms with E-state index in [1.54, 1.807) is 4.90 Å². The zero-order chi connectivity index (χ0) is 20.4. The van der Waals surface area contributed by atoms with Gasteiger partial charge in [-0.2, -0.15) is 0 Å². The topological polar surface area (TPSA) is 49.8 Å². The van der Waals surface area contributed by atoms with Crippen molar-refractivity contribution in [1.29, 1.82) is 0 Å². The van der Waals surface area contributed by atoms with E-state index in [-0.39, 0.29) is 22.8 Å². The predicted molar refractivity (Wildman–Crippen MR) is 112 cm³/mol. The standard InChI is InChI=1S/C25H29NO3/c1-23(2,3)29-22(28)26-21(27)24(13-14-24)16-25(26)15-20(25)19-11-9-18(10-12-19)17-7-5-4-6-8-17/h4-12,20,22,28H,13-16H2,1-3H3/t20-,22?,25?/m1/s1. The van der Waals surface area contributed by atoms with E-state index in [9.17, 15) is 9.90 Å². The summed E-state index contributed by atoms with van der Waals surface area (Å²) in [5.41, 5.74) is 2.57. The number of likely N-dealkylation sites (tertiary alicyclic amines) is 1. The third kappa shape index (κ3) is 3.10. The van der Waals surface area contributed by atoms with Crippen LogP contribution in [-0.4, -0.2) is 33.5 Å². The summed E-state index contributed by atoms with van der Waals surface area (Å²) in [6.07, 6.45) is 2.43. The summed E-state index contributed by atoms with van der Waals surface area (Å²) in [6, 6.07) is 19.0. The van der Waals surface area contributed by atoms with Gasteiger partial charge in [-0.25, -0.2) is 0 Å². The number of hydrogen-bond acceptors (Lipinski definition) is 3. The molecule has 2 aliphatic carbocycles. The summed E-state index contributed by atoms with van der Waals surface area (Å²) in [4.78, 5) is 14.9. The molecule has 2 saturated carbocycles. The summed E-state index contributed by atoms with van der Waals surface area (Å²) < 4.78 is 5.81. The molecule has 2 aromatic rings. The van der Waals surface area contributed by atoms with Crippen molar-refractivity contribution in [2.75, 3.05) is 0 Å². The van der Waals surface area contributed by atoms with Gasteiger partial charge in [0.1, 0.15) is 0 Å². The van der Waals surface area contributed by atoms with E-state index in [1.165, 1.54) is 16.7 Å². The van der Waals surface area contributed by atoms with Gasteiger partial charge in [-0.05, 0) is 63.1 Å². The van der Waals surface area contributed by atoms with Crippen LogP contribution in [0.15, 0.2) is 54.6 Å². The summed E-state index contributed by atoms with van der Waals surface area (Å²) in [7, 11) is 0. The predicted octanol–water partition coefficient (Wildman–Crippen LogP) is 4.68. The molecule has 4 heteroatoms. The maximum atomic E-state index is 13.2. The summed E-state index contributed by atoms with van der Waals surface area (Å²) in [6.45, 7) is 5.72. The third-order valence-electron chi connectivity index (χ3n) is 6.80. The van der Waals surface area contributed by atoms with Crippen molar-refractivity contribution in [3.05, 3.63) is 60.2 Å². The Morgan fingerprint density at radius 2 is 1.66 bits per heavy atom. The molecule has 1 saturated heterocycles. The fourth-order valence-corrected chi connectivity index (χ4v) is 5.16. The minimum atomic E-state index is -1.18. The van der Waals surface area contributed by atoms with E-state index >= 15 is 0 Å². The van der Waals surface area contributed by atoms with Crippen LogP contribution >= 0.6 is 0 Å². The Balaban J connectivity index is 1.41. The first-order valence-corrected chi connectivity index (χ1v) is 10.6. The quantitative estimate of drug-likeness (QED) is 0.770. The number of benzene rings is 2. The Kier molecular flexibility index (Phi) is 4.00. The molecular formula is C25H29NO3. The lowest BCUT2D eigenvalue weighted by Crippen LogP contribution is -2.48. The number of amides is 1.